The molecular weight excluding hydrogens is 355 g/mol. The van der Waals surface area contributed by atoms with E-state index < -0.39 is 0 Å². The van der Waals surface area contributed by atoms with Crippen molar-refractivity contribution in [3.63, 3.8) is 0 Å². The molecule has 5 aliphatic carbocycles. The molecule has 0 bridgehead atoms. The zero-order valence-corrected chi connectivity index (χ0v) is 18.7. The van der Waals surface area contributed by atoms with Crippen molar-refractivity contribution in [2.24, 2.45) is 41.4 Å². The van der Waals surface area contributed by atoms with Gasteiger partial charge in [0, 0.05) is 0 Å². The first-order valence-corrected chi connectivity index (χ1v) is 14.7. The number of hydrogen-bond donors (Lipinski definition) is 0. The Morgan fingerprint density at radius 1 is 0.536 bits per heavy atom. The molecule has 0 spiro atoms. The molecule has 10 atom stereocenters. The summed E-state index contributed by atoms with van der Waals surface area (Å²) in [7, 11) is 0.269. The van der Waals surface area contributed by atoms with Gasteiger partial charge >= 0.3 is 0 Å². The summed E-state index contributed by atoms with van der Waals surface area (Å²) in [6.07, 6.45) is 32.5. The minimum atomic E-state index is 0.269. The van der Waals surface area contributed by atoms with Gasteiger partial charge in [-0.15, -0.1) is 0 Å². The van der Waals surface area contributed by atoms with E-state index in [1.807, 2.05) is 0 Å². The van der Waals surface area contributed by atoms with Crippen LogP contribution in [0.25, 0.3) is 0 Å². The van der Waals surface area contributed by atoms with Crippen LogP contribution >= 0.6 is 7.92 Å². The van der Waals surface area contributed by atoms with Crippen LogP contribution in [0.1, 0.15) is 83.5 Å². The van der Waals surface area contributed by atoms with Crippen molar-refractivity contribution in [3.8, 4) is 0 Å². The summed E-state index contributed by atoms with van der Waals surface area (Å²) in [5, 5.41) is 0. The van der Waals surface area contributed by atoms with Crippen molar-refractivity contribution in [3.05, 3.63) is 24.3 Å². The van der Waals surface area contributed by atoms with Gasteiger partial charge in [0.15, 0.2) is 0 Å². The maximum atomic E-state index is 2.72. The number of allylic oxidation sites excluding steroid dienone is 4. The van der Waals surface area contributed by atoms with E-state index in [2.05, 4.69) is 24.3 Å². The minimum absolute atomic E-state index is 0.269. The van der Waals surface area contributed by atoms with Crippen LogP contribution in [0, 0.1) is 41.4 Å². The van der Waals surface area contributed by atoms with Crippen LogP contribution in [0.3, 0.4) is 0 Å². The van der Waals surface area contributed by atoms with Gasteiger partial charge in [0.25, 0.3) is 0 Å². The topological polar surface area (TPSA) is 0 Å². The smallest absolute Gasteiger partial charge is 0.0144 e. The summed E-state index contributed by atoms with van der Waals surface area (Å²) in [6, 6.07) is 0. The van der Waals surface area contributed by atoms with E-state index >= 15 is 0 Å². The van der Waals surface area contributed by atoms with Gasteiger partial charge in [-0.1, -0.05) is 57.9 Å². The van der Waals surface area contributed by atoms with E-state index in [1.54, 1.807) is 38.3 Å². The fraction of sp³-hybridized carbons (Fsp3) is 0.852. The summed E-state index contributed by atoms with van der Waals surface area (Å²) in [6.45, 7) is 0. The standard InChI is InChI=1S/C27H41P/c1-5-19-13-14-20-6-2-10-24(20)25(23(19)9-1)17-18-28-26-11-3-7-21(26)15-16-22-8-4-12-27(22)28/h13-16,19-27H,1-12,17-18H2/t19-,20?,21-,22?,23?,24+,25?,26?,27+,28?/m1/s1. The largest absolute Gasteiger partial charge is 0.0991 e. The lowest BCUT2D eigenvalue weighted by atomic mass is 9.73. The Kier molecular flexibility index (Phi) is 5.25. The predicted octanol–water partition coefficient (Wildman–Crippen LogP) is 7.78. The zero-order valence-electron chi connectivity index (χ0n) is 17.9. The third-order valence-electron chi connectivity index (χ3n) is 10.2. The lowest BCUT2D eigenvalue weighted by Gasteiger charge is -2.38. The number of fused-ring (bicyclic) bond motifs is 4. The van der Waals surface area contributed by atoms with Crippen LogP contribution in [-0.4, -0.2) is 17.5 Å². The van der Waals surface area contributed by atoms with Crippen LogP contribution in [0.2, 0.25) is 0 Å². The summed E-state index contributed by atoms with van der Waals surface area (Å²) < 4.78 is 0. The van der Waals surface area contributed by atoms with Crippen molar-refractivity contribution in [1.82, 2.24) is 0 Å². The second kappa shape index (κ2) is 7.87. The predicted molar refractivity (Wildman–Crippen MR) is 122 cm³/mol. The van der Waals surface area contributed by atoms with Gasteiger partial charge in [-0.2, -0.15) is 0 Å². The Labute approximate surface area is 174 Å². The van der Waals surface area contributed by atoms with Crippen molar-refractivity contribution in [2.45, 2.75) is 94.8 Å². The SMILES string of the molecule is C1=C[C@H]2CCCC2C(CCP2C3CCC[C@@H]3C=CC3CCC[C@@H]32)[C@H]2CCCC12. The maximum Gasteiger partial charge on any atom is -0.0144 e. The van der Waals surface area contributed by atoms with E-state index in [0.717, 1.165) is 52.7 Å². The molecule has 0 aromatic rings. The molecule has 1 aliphatic heterocycles. The molecule has 6 rings (SSSR count). The molecule has 6 unspecified atom stereocenters. The fourth-order valence-corrected chi connectivity index (χ4v) is 13.2. The first kappa shape index (κ1) is 18.7. The zero-order chi connectivity index (χ0) is 18.5. The van der Waals surface area contributed by atoms with Crippen LogP contribution < -0.4 is 0 Å². The molecule has 0 aromatic carbocycles. The fourth-order valence-electron chi connectivity index (χ4n) is 8.98. The van der Waals surface area contributed by atoms with Gasteiger partial charge in [-0.3, -0.25) is 0 Å². The molecule has 0 nitrogen and oxygen atoms in total. The molecular formula is C27H41P. The molecule has 154 valence electrons. The highest BCUT2D eigenvalue weighted by Crippen LogP contribution is 2.63. The van der Waals surface area contributed by atoms with E-state index in [0.29, 0.717) is 0 Å². The maximum absolute atomic E-state index is 2.72. The van der Waals surface area contributed by atoms with E-state index in [-0.39, 0.29) is 7.92 Å². The van der Waals surface area contributed by atoms with E-state index in [9.17, 15) is 0 Å². The Morgan fingerprint density at radius 2 is 1.00 bits per heavy atom. The molecule has 0 radical (unpaired) electrons. The molecule has 28 heavy (non-hydrogen) atoms. The average Bonchev–Trinajstić information content (AvgIpc) is 3.48. The van der Waals surface area contributed by atoms with Gasteiger partial charge in [0.2, 0.25) is 0 Å². The second-order valence-corrected chi connectivity index (χ2v) is 14.1. The summed E-state index contributed by atoms with van der Waals surface area (Å²) in [5.41, 5.74) is 2.23. The van der Waals surface area contributed by atoms with Crippen molar-refractivity contribution in [2.75, 3.05) is 6.16 Å². The summed E-state index contributed by atoms with van der Waals surface area (Å²) in [5.74, 6) is 7.06. The molecule has 0 N–H and O–H groups in total. The van der Waals surface area contributed by atoms with Crippen LogP contribution in [0.15, 0.2) is 24.3 Å². The molecule has 4 saturated carbocycles. The highest BCUT2D eigenvalue weighted by molar-refractivity contribution is 7.59. The van der Waals surface area contributed by atoms with Gasteiger partial charge in [0.1, 0.15) is 0 Å². The number of hydrogen-bond acceptors (Lipinski definition) is 0. The molecule has 6 aliphatic rings. The quantitative estimate of drug-likeness (QED) is 0.337. The lowest BCUT2D eigenvalue weighted by molar-refractivity contribution is 0.186. The Bertz CT molecular complexity index is 518. The molecule has 1 heteroatoms. The van der Waals surface area contributed by atoms with Gasteiger partial charge in [0.05, 0.1) is 0 Å². The average molecular weight is 397 g/mol. The molecule has 1 heterocycles. The first-order chi connectivity index (χ1) is 13.9. The van der Waals surface area contributed by atoms with Crippen molar-refractivity contribution in [1.29, 1.82) is 0 Å². The van der Waals surface area contributed by atoms with E-state index in [1.165, 1.54) is 51.4 Å². The summed E-state index contributed by atoms with van der Waals surface area (Å²) >= 11 is 0. The lowest BCUT2D eigenvalue weighted by Crippen LogP contribution is -2.28. The molecule has 4 fully saturated rings. The second-order valence-electron chi connectivity index (χ2n) is 11.3. The van der Waals surface area contributed by atoms with Crippen molar-refractivity contribution >= 4 is 7.92 Å². The Hall–Kier alpha value is -0.0900. The van der Waals surface area contributed by atoms with Crippen molar-refractivity contribution < 1.29 is 0 Å². The Morgan fingerprint density at radius 3 is 1.57 bits per heavy atom. The molecule has 0 amide bonds. The third-order valence-corrected chi connectivity index (χ3v) is 14.0. The van der Waals surface area contributed by atoms with Crippen LogP contribution in [0.5, 0.6) is 0 Å². The van der Waals surface area contributed by atoms with Crippen LogP contribution in [-0.2, 0) is 0 Å². The summed E-state index contributed by atoms with van der Waals surface area (Å²) in [4.78, 5) is 0. The minimum Gasteiger partial charge on any atom is -0.0991 e. The molecule has 0 aromatic heterocycles. The highest BCUT2D eigenvalue weighted by atomic mass is 31.1. The third kappa shape index (κ3) is 3.20. The highest BCUT2D eigenvalue weighted by Gasteiger charge is 2.46. The monoisotopic (exact) mass is 396 g/mol. The normalized spacial score (nSPS) is 52.0. The van der Waals surface area contributed by atoms with Gasteiger partial charge in [-0.05, 0) is 117 Å². The van der Waals surface area contributed by atoms with Crippen LogP contribution in [0.4, 0.5) is 0 Å². The molecule has 0 saturated heterocycles. The van der Waals surface area contributed by atoms with Gasteiger partial charge in [-0.25, -0.2) is 0 Å². The number of rotatable bonds is 3. The van der Waals surface area contributed by atoms with E-state index in [4.69, 9.17) is 0 Å². The first-order valence-electron chi connectivity index (χ1n) is 13.0. The van der Waals surface area contributed by atoms with Gasteiger partial charge < -0.3 is 0 Å². The Balaban J connectivity index is 1.23.